The van der Waals surface area contributed by atoms with Gasteiger partial charge in [-0.1, -0.05) is 47.1 Å². The van der Waals surface area contributed by atoms with Crippen LogP contribution in [0.5, 0.6) is 11.5 Å². The molecule has 0 spiro atoms. The van der Waals surface area contributed by atoms with Gasteiger partial charge in [0.1, 0.15) is 11.5 Å². The number of amidine groups is 1. The van der Waals surface area contributed by atoms with Crippen LogP contribution >= 0.6 is 35.0 Å². The lowest BCUT2D eigenvalue weighted by molar-refractivity contribution is -0.116. The van der Waals surface area contributed by atoms with E-state index in [2.05, 4.69) is 15.5 Å². The summed E-state index contributed by atoms with van der Waals surface area (Å²) in [5.41, 5.74) is 0.805. The standard InChI is InChI=1S/C16H11Cl2N3O2S/c17-11-5-12(18)7-14(6-11)23-13-3-1-2-10(4-13)8-19-21-16-20-15(22)9-24-16/h1-8H,9H2,(H,20,21,22). The summed E-state index contributed by atoms with van der Waals surface area (Å²) in [6.07, 6.45) is 1.58. The Morgan fingerprint density at radius 3 is 2.62 bits per heavy atom. The molecule has 1 aliphatic heterocycles. The molecular formula is C16H11Cl2N3O2S. The highest BCUT2D eigenvalue weighted by molar-refractivity contribution is 8.15. The van der Waals surface area contributed by atoms with Gasteiger partial charge in [-0.05, 0) is 35.9 Å². The predicted octanol–water partition coefficient (Wildman–Crippen LogP) is 4.34. The van der Waals surface area contributed by atoms with E-state index < -0.39 is 0 Å². The number of thioether (sulfide) groups is 1. The molecule has 0 bridgehead atoms. The number of ether oxygens (including phenoxy) is 1. The third-order valence-corrected chi connectivity index (χ3v) is 4.17. The Hall–Kier alpha value is -2.02. The maximum atomic E-state index is 11.1. The molecule has 0 unspecified atom stereocenters. The van der Waals surface area contributed by atoms with Crippen LogP contribution < -0.4 is 10.1 Å². The maximum Gasteiger partial charge on any atom is 0.236 e. The van der Waals surface area contributed by atoms with E-state index in [-0.39, 0.29) is 5.91 Å². The minimum atomic E-state index is -0.0652. The number of hydrogen-bond donors (Lipinski definition) is 1. The lowest BCUT2D eigenvalue weighted by Crippen LogP contribution is -2.19. The lowest BCUT2D eigenvalue weighted by Gasteiger charge is -2.07. The Kier molecular flexibility index (Phi) is 5.40. The van der Waals surface area contributed by atoms with Gasteiger partial charge in [0.2, 0.25) is 5.91 Å². The largest absolute Gasteiger partial charge is 0.457 e. The van der Waals surface area contributed by atoms with Crippen LogP contribution in [0.2, 0.25) is 10.0 Å². The first-order valence-corrected chi connectivity index (χ1v) is 8.60. The van der Waals surface area contributed by atoms with Crippen molar-refractivity contribution < 1.29 is 9.53 Å². The Morgan fingerprint density at radius 2 is 1.92 bits per heavy atom. The summed E-state index contributed by atoms with van der Waals surface area (Å²) in [6.45, 7) is 0. The third-order valence-electron chi connectivity index (χ3n) is 2.87. The first-order chi connectivity index (χ1) is 11.6. The van der Waals surface area contributed by atoms with E-state index in [9.17, 15) is 4.79 Å². The van der Waals surface area contributed by atoms with Gasteiger partial charge in [-0.3, -0.25) is 4.79 Å². The smallest absolute Gasteiger partial charge is 0.236 e. The van der Waals surface area contributed by atoms with Gasteiger partial charge in [-0.2, -0.15) is 5.10 Å². The molecule has 1 amide bonds. The van der Waals surface area contributed by atoms with E-state index in [0.717, 1.165) is 5.56 Å². The summed E-state index contributed by atoms with van der Waals surface area (Å²) >= 11 is 13.2. The number of carbonyl (C=O) groups excluding carboxylic acids is 1. The molecule has 1 heterocycles. The minimum Gasteiger partial charge on any atom is -0.457 e. The lowest BCUT2D eigenvalue weighted by atomic mass is 10.2. The van der Waals surface area contributed by atoms with Gasteiger partial charge in [-0.15, -0.1) is 5.10 Å². The number of carbonyl (C=O) groups is 1. The van der Waals surface area contributed by atoms with E-state index >= 15 is 0 Å². The summed E-state index contributed by atoms with van der Waals surface area (Å²) < 4.78 is 5.75. The van der Waals surface area contributed by atoms with Crippen molar-refractivity contribution in [3.05, 3.63) is 58.1 Å². The van der Waals surface area contributed by atoms with Crippen molar-refractivity contribution in [3.63, 3.8) is 0 Å². The zero-order chi connectivity index (χ0) is 16.9. The molecular weight excluding hydrogens is 369 g/mol. The predicted molar refractivity (Wildman–Crippen MR) is 98.6 cm³/mol. The molecule has 0 aliphatic carbocycles. The summed E-state index contributed by atoms with van der Waals surface area (Å²) in [5.74, 6) is 1.48. The topological polar surface area (TPSA) is 63.0 Å². The van der Waals surface area contributed by atoms with Gasteiger partial charge in [0.15, 0.2) is 5.17 Å². The number of nitrogens with one attached hydrogen (secondary N) is 1. The van der Waals surface area contributed by atoms with Crippen molar-refractivity contribution in [2.75, 3.05) is 5.75 Å². The van der Waals surface area contributed by atoms with Crippen LogP contribution in [0.4, 0.5) is 0 Å². The van der Waals surface area contributed by atoms with E-state index in [4.69, 9.17) is 27.9 Å². The molecule has 0 aromatic heterocycles. The summed E-state index contributed by atoms with van der Waals surface area (Å²) in [5, 5.41) is 12.0. The zero-order valence-corrected chi connectivity index (χ0v) is 14.5. The van der Waals surface area contributed by atoms with Gasteiger partial charge in [0.05, 0.1) is 12.0 Å². The SMILES string of the molecule is O=C1CSC(=NN=Cc2cccc(Oc3cc(Cl)cc(Cl)c3)c2)N1. The van der Waals surface area contributed by atoms with Crippen LogP contribution in [-0.2, 0) is 4.79 Å². The molecule has 8 heteroatoms. The molecule has 1 aliphatic rings. The average molecular weight is 380 g/mol. The van der Waals surface area contributed by atoms with Gasteiger partial charge in [-0.25, -0.2) is 0 Å². The van der Waals surface area contributed by atoms with Crippen LogP contribution in [0, 0.1) is 0 Å². The zero-order valence-electron chi connectivity index (χ0n) is 12.2. The van der Waals surface area contributed by atoms with Crippen LogP contribution in [0.3, 0.4) is 0 Å². The number of amides is 1. The van der Waals surface area contributed by atoms with Crippen molar-refractivity contribution in [2.24, 2.45) is 10.2 Å². The molecule has 1 saturated heterocycles. The number of hydrogen-bond acceptors (Lipinski definition) is 5. The van der Waals surface area contributed by atoms with Gasteiger partial charge in [0, 0.05) is 10.0 Å². The number of benzene rings is 2. The van der Waals surface area contributed by atoms with Crippen LogP contribution in [0.25, 0.3) is 0 Å². The number of rotatable bonds is 4. The Balaban J connectivity index is 1.71. The van der Waals surface area contributed by atoms with Crippen molar-refractivity contribution >= 4 is 52.3 Å². The highest BCUT2D eigenvalue weighted by atomic mass is 35.5. The quantitative estimate of drug-likeness (QED) is 0.634. The molecule has 122 valence electrons. The van der Waals surface area contributed by atoms with Crippen LogP contribution in [0.1, 0.15) is 5.56 Å². The normalized spacial score (nSPS) is 15.9. The Labute approximate surface area is 152 Å². The minimum absolute atomic E-state index is 0.0652. The molecule has 2 aromatic rings. The second kappa shape index (κ2) is 7.70. The average Bonchev–Trinajstić information content (AvgIpc) is 2.92. The van der Waals surface area contributed by atoms with Crippen LogP contribution in [-0.4, -0.2) is 23.0 Å². The first kappa shape index (κ1) is 16.8. The first-order valence-electron chi connectivity index (χ1n) is 6.86. The maximum absolute atomic E-state index is 11.1. The number of halogens is 2. The van der Waals surface area contributed by atoms with Crippen molar-refractivity contribution in [2.45, 2.75) is 0 Å². The molecule has 1 fully saturated rings. The molecule has 0 radical (unpaired) electrons. The molecule has 3 rings (SSSR count). The van der Waals surface area contributed by atoms with Gasteiger partial charge in [0.25, 0.3) is 0 Å². The van der Waals surface area contributed by atoms with Gasteiger partial charge >= 0.3 is 0 Å². The summed E-state index contributed by atoms with van der Waals surface area (Å²) in [7, 11) is 0. The van der Waals surface area contributed by atoms with E-state index in [0.29, 0.717) is 32.5 Å². The van der Waals surface area contributed by atoms with Crippen molar-refractivity contribution in [1.82, 2.24) is 5.32 Å². The second-order valence-electron chi connectivity index (χ2n) is 4.77. The molecule has 24 heavy (non-hydrogen) atoms. The Bertz CT molecular complexity index is 820. The molecule has 1 N–H and O–H groups in total. The number of nitrogens with zero attached hydrogens (tertiary/aromatic N) is 2. The molecule has 2 aromatic carbocycles. The Morgan fingerprint density at radius 1 is 1.12 bits per heavy atom. The summed E-state index contributed by atoms with van der Waals surface area (Å²) in [6, 6.07) is 12.3. The van der Waals surface area contributed by atoms with Crippen molar-refractivity contribution in [1.29, 1.82) is 0 Å². The fourth-order valence-corrected chi connectivity index (χ4v) is 3.05. The van der Waals surface area contributed by atoms with Crippen LogP contribution in [0.15, 0.2) is 52.7 Å². The molecule has 5 nitrogen and oxygen atoms in total. The second-order valence-corrected chi connectivity index (χ2v) is 6.60. The molecule has 0 saturated carbocycles. The highest BCUT2D eigenvalue weighted by Gasteiger charge is 2.15. The fourth-order valence-electron chi connectivity index (χ4n) is 1.91. The van der Waals surface area contributed by atoms with E-state index in [1.54, 1.807) is 30.5 Å². The summed E-state index contributed by atoms with van der Waals surface area (Å²) in [4.78, 5) is 11.1. The van der Waals surface area contributed by atoms with Gasteiger partial charge < -0.3 is 10.1 Å². The van der Waals surface area contributed by atoms with Crippen molar-refractivity contribution in [3.8, 4) is 11.5 Å². The molecule has 0 atom stereocenters. The van der Waals surface area contributed by atoms with E-state index in [1.165, 1.54) is 11.8 Å². The monoisotopic (exact) mass is 379 g/mol. The highest BCUT2D eigenvalue weighted by Crippen LogP contribution is 2.28. The third kappa shape index (κ3) is 4.74. The fraction of sp³-hybridized carbons (Fsp3) is 0.0625. The van der Waals surface area contributed by atoms with E-state index in [1.807, 2.05) is 18.2 Å².